The van der Waals surface area contributed by atoms with Crippen molar-refractivity contribution in [3.8, 4) is 11.8 Å². The fraction of sp³-hybridized carbons (Fsp3) is 0.190. The van der Waals surface area contributed by atoms with Crippen LogP contribution >= 0.6 is 0 Å². The lowest BCUT2D eigenvalue weighted by atomic mass is 10.1. The van der Waals surface area contributed by atoms with E-state index in [0.717, 1.165) is 5.56 Å². The maximum Gasteiger partial charge on any atom is 0.349 e. The lowest BCUT2D eigenvalue weighted by Gasteiger charge is -2.13. The average Bonchev–Trinajstić information content (AvgIpc) is 2.67. The quantitative estimate of drug-likeness (QED) is 0.482. The van der Waals surface area contributed by atoms with E-state index in [1.165, 1.54) is 20.1 Å². The van der Waals surface area contributed by atoms with Crippen molar-refractivity contribution in [2.45, 2.75) is 20.0 Å². The Bertz CT molecular complexity index is 895. The largest absolute Gasteiger partial charge is 0.497 e. The third kappa shape index (κ3) is 5.72. The summed E-state index contributed by atoms with van der Waals surface area (Å²) in [6, 6.07) is 15.9. The van der Waals surface area contributed by atoms with Crippen molar-refractivity contribution in [1.29, 1.82) is 5.26 Å². The Kier molecular flexibility index (Phi) is 6.73. The van der Waals surface area contributed by atoms with Gasteiger partial charge in [-0.3, -0.25) is 4.79 Å². The second-order valence-corrected chi connectivity index (χ2v) is 5.85. The van der Waals surface area contributed by atoms with Crippen molar-refractivity contribution < 1.29 is 19.1 Å². The molecule has 27 heavy (non-hydrogen) atoms. The predicted molar refractivity (Wildman–Crippen MR) is 102 cm³/mol. The van der Waals surface area contributed by atoms with Crippen LogP contribution in [0.4, 0.5) is 5.69 Å². The number of carbonyl (C=O) groups is 2. The highest BCUT2D eigenvalue weighted by atomic mass is 16.5. The third-order valence-electron chi connectivity index (χ3n) is 3.72. The molecule has 0 bridgehead atoms. The number of hydrogen-bond acceptors (Lipinski definition) is 5. The number of nitriles is 1. The van der Waals surface area contributed by atoms with Crippen LogP contribution in [0.5, 0.6) is 5.75 Å². The molecule has 0 aliphatic carbocycles. The van der Waals surface area contributed by atoms with Crippen molar-refractivity contribution in [1.82, 2.24) is 0 Å². The predicted octanol–water partition coefficient (Wildman–Crippen LogP) is 3.48. The van der Waals surface area contributed by atoms with Gasteiger partial charge in [-0.1, -0.05) is 29.8 Å². The zero-order chi connectivity index (χ0) is 19.8. The molecule has 0 saturated heterocycles. The van der Waals surface area contributed by atoms with Gasteiger partial charge in [-0.25, -0.2) is 4.79 Å². The van der Waals surface area contributed by atoms with Gasteiger partial charge in [-0.05, 0) is 49.8 Å². The first kappa shape index (κ1) is 19.7. The van der Waals surface area contributed by atoms with Crippen molar-refractivity contribution >= 4 is 23.6 Å². The number of anilines is 1. The topological polar surface area (TPSA) is 88.4 Å². The van der Waals surface area contributed by atoms with E-state index in [4.69, 9.17) is 9.47 Å². The number of ether oxygens (including phenoxy) is 2. The molecule has 0 heterocycles. The molecule has 0 saturated carbocycles. The molecule has 1 atom stereocenters. The first-order valence-electron chi connectivity index (χ1n) is 8.27. The van der Waals surface area contributed by atoms with E-state index >= 15 is 0 Å². The maximum absolute atomic E-state index is 12.2. The highest BCUT2D eigenvalue weighted by Crippen LogP contribution is 2.16. The summed E-state index contributed by atoms with van der Waals surface area (Å²) in [6.07, 6.45) is 0.330. The van der Waals surface area contributed by atoms with Gasteiger partial charge in [0.1, 0.15) is 17.4 Å². The van der Waals surface area contributed by atoms with Crippen LogP contribution in [0.25, 0.3) is 6.08 Å². The van der Waals surface area contributed by atoms with Crippen molar-refractivity contribution in [3.63, 3.8) is 0 Å². The van der Waals surface area contributed by atoms with Crippen LogP contribution in [-0.2, 0) is 14.3 Å². The van der Waals surface area contributed by atoms with Gasteiger partial charge in [-0.2, -0.15) is 5.26 Å². The van der Waals surface area contributed by atoms with Gasteiger partial charge in [0.2, 0.25) is 0 Å². The molecule has 2 aromatic rings. The smallest absolute Gasteiger partial charge is 0.349 e. The standard InChI is InChI=1S/C21H20N2O4/c1-14-7-9-18(10-8-14)23-20(24)15(2)27-21(25)17(13-22)11-16-5-4-6-19(12-16)26-3/h4-12,15H,1-3H3,(H,23,24)/b17-11+/t15-/m1/s1. The van der Waals surface area contributed by atoms with Crippen LogP contribution in [-0.4, -0.2) is 25.1 Å². The van der Waals surface area contributed by atoms with Crippen LogP contribution in [0.1, 0.15) is 18.1 Å². The van der Waals surface area contributed by atoms with E-state index in [0.29, 0.717) is 17.0 Å². The Morgan fingerprint density at radius 3 is 2.52 bits per heavy atom. The Labute approximate surface area is 158 Å². The number of carbonyl (C=O) groups excluding carboxylic acids is 2. The highest BCUT2D eigenvalue weighted by Gasteiger charge is 2.20. The summed E-state index contributed by atoms with van der Waals surface area (Å²) < 4.78 is 10.2. The summed E-state index contributed by atoms with van der Waals surface area (Å²) in [4.78, 5) is 24.4. The van der Waals surface area contributed by atoms with Crippen LogP contribution in [0.3, 0.4) is 0 Å². The fourth-order valence-corrected chi connectivity index (χ4v) is 2.19. The van der Waals surface area contributed by atoms with E-state index in [2.05, 4.69) is 5.32 Å². The summed E-state index contributed by atoms with van der Waals surface area (Å²) in [5.74, 6) is -0.752. The van der Waals surface area contributed by atoms with E-state index in [-0.39, 0.29) is 5.57 Å². The molecule has 2 aromatic carbocycles. The molecule has 0 aliphatic heterocycles. The number of nitrogens with one attached hydrogen (secondary N) is 1. The Hall–Kier alpha value is -3.59. The van der Waals surface area contributed by atoms with Crippen molar-refractivity contribution in [2.75, 3.05) is 12.4 Å². The zero-order valence-electron chi connectivity index (χ0n) is 15.4. The number of methoxy groups -OCH3 is 1. The second kappa shape index (κ2) is 9.20. The molecule has 138 valence electrons. The lowest BCUT2D eigenvalue weighted by Crippen LogP contribution is -2.30. The van der Waals surface area contributed by atoms with E-state index in [9.17, 15) is 14.9 Å². The summed E-state index contributed by atoms with van der Waals surface area (Å²) >= 11 is 0. The van der Waals surface area contributed by atoms with Crippen molar-refractivity contribution in [3.05, 3.63) is 65.2 Å². The summed E-state index contributed by atoms with van der Waals surface area (Å²) in [7, 11) is 1.52. The van der Waals surface area contributed by atoms with Crippen molar-refractivity contribution in [2.24, 2.45) is 0 Å². The Morgan fingerprint density at radius 2 is 1.89 bits per heavy atom. The molecular formula is C21H20N2O4. The van der Waals surface area contributed by atoms with Gasteiger partial charge in [-0.15, -0.1) is 0 Å². The number of hydrogen-bond donors (Lipinski definition) is 1. The number of amides is 1. The Balaban J connectivity index is 2.04. The molecule has 1 N–H and O–H groups in total. The maximum atomic E-state index is 12.2. The Morgan fingerprint density at radius 1 is 1.19 bits per heavy atom. The van der Waals surface area contributed by atoms with Gasteiger partial charge in [0.05, 0.1) is 7.11 Å². The molecule has 0 unspecified atom stereocenters. The van der Waals surface area contributed by atoms with Crippen LogP contribution in [0.2, 0.25) is 0 Å². The summed E-state index contributed by atoms with van der Waals surface area (Å²) in [6.45, 7) is 3.38. The first-order valence-corrected chi connectivity index (χ1v) is 8.27. The molecule has 6 nitrogen and oxygen atoms in total. The van der Waals surface area contributed by atoms with Gasteiger partial charge in [0.25, 0.3) is 5.91 Å². The molecule has 2 rings (SSSR count). The first-order chi connectivity index (χ1) is 12.9. The normalized spacial score (nSPS) is 11.9. The van der Waals surface area contributed by atoms with Gasteiger partial charge in [0.15, 0.2) is 6.10 Å². The van der Waals surface area contributed by atoms with E-state index < -0.39 is 18.0 Å². The van der Waals surface area contributed by atoms with Crippen LogP contribution < -0.4 is 10.1 Å². The van der Waals surface area contributed by atoms with Crippen LogP contribution in [0, 0.1) is 18.3 Å². The van der Waals surface area contributed by atoms with Gasteiger partial charge >= 0.3 is 5.97 Å². The number of nitrogens with zero attached hydrogens (tertiary/aromatic N) is 1. The highest BCUT2D eigenvalue weighted by molar-refractivity contribution is 6.01. The minimum Gasteiger partial charge on any atom is -0.497 e. The number of rotatable bonds is 6. The molecular weight excluding hydrogens is 344 g/mol. The second-order valence-electron chi connectivity index (χ2n) is 5.85. The lowest BCUT2D eigenvalue weighted by molar-refractivity contribution is -0.148. The fourth-order valence-electron chi connectivity index (χ4n) is 2.19. The minimum absolute atomic E-state index is 0.210. The van der Waals surface area contributed by atoms with E-state index in [1.807, 2.05) is 19.1 Å². The summed E-state index contributed by atoms with van der Waals surface area (Å²) in [5.41, 5.74) is 2.06. The molecule has 6 heteroatoms. The van der Waals surface area contributed by atoms with Gasteiger partial charge in [0, 0.05) is 5.69 Å². The zero-order valence-corrected chi connectivity index (χ0v) is 15.4. The molecule has 0 fully saturated rings. The minimum atomic E-state index is -1.05. The molecule has 0 spiro atoms. The molecule has 0 aromatic heterocycles. The summed E-state index contributed by atoms with van der Waals surface area (Å²) in [5, 5.41) is 11.9. The average molecular weight is 364 g/mol. The molecule has 1 amide bonds. The third-order valence-corrected chi connectivity index (χ3v) is 3.72. The SMILES string of the molecule is COc1cccc(/C=C(\C#N)C(=O)O[C@H](C)C(=O)Nc2ccc(C)cc2)c1. The number of esters is 1. The van der Waals surface area contributed by atoms with Gasteiger partial charge < -0.3 is 14.8 Å². The monoisotopic (exact) mass is 364 g/mol. The number of aryl methyl sites for hydroxylation is 1. The van der Waals surface area contributed by atoms with E-state index in [1.54, 1.807) is 42.5 Å². The molecule has 0 radical (unpaired) electrons. The molecule has 0 aliphatic rings. The van der Waals surface area contributed by atoms with Crippen LogP contribution in [0.15, 0.2) is 54.1 Å². The number of benzene rings is 2.